The Balaban J connectivity index is 1.74. The third kappa shape index (κ3) is 2.07. The van der Waals surface area contributed by atoms with Gasteiger partial charge < -0.3 is 5.32 Å². The van der Waals surface area contributed by atoms with Crippen LogP contribution in [0, 0.1) is 0 Å². The number of benzene rings is 1. The van der Waals surface area contributed by atoms with E-state index in [4.69, 9.17) is 0 Å². The largest absolute Gasteiger partial charge is 0.385 e. The molecule has 0 amide bonds. The predicted molar refractivity (Wildman–Crippen MR) is 67.7 cm³/mol. The Hall–Kier alpha value is -1.02. The van der Waals surface area contributed by atoms with Crippen LogP contribution >= 0.6 is 0 Å². The van der Waals surface area contributed by atoms with Crippen LogP contribution < -0.4 is 5.32 Å². The Bertz CT molecular complexity index is 382. The lowest BCUT2D eigenvalue weighted by molar-refractivity contribution is 0.316. The maximum atomic E-state index is 3.46. The molecule has 1 aliphatic carbocycles. The van der Waals surface area contributed by atoms with Gasteiger partial charge in [-0.1, -0.05) is 12.1 Å². The summed E-state index contributed by atoms with van der Waals surface area (Å²) >= 11 is 0. The Labute approximate surface area is 97.6 Å². The lowest BCUT2D eigenvalue weighted by Gasteiger charge is -2.21. The first-order valence-electron chi connectivity index (χ1n) is 6.39. The van der Waals surface area contributed by atoms with E-state index in [-0.39, 0.29) is 0 Å². The molecule has 0 unspecified atom stereocenters. The van der Waals surface area contributed by atoms with Crippen molar-refractivity contribution in [2.75, 3.05) is 18.9 Å². The number of fused-ring (bicyclic) bond motifs is 1. The third-order valence-electron chi connectivity index (χ3n) is 3.71. The predicted octanol–water partition coefficient (Wildman–Crippen LogP) is 2.64. The highest BCUT2D eigenvalue weighted by Gasteiger charge is 2.25. The summed E-state index contributed by atoms with van der Waals surface area (Å²) in [7, 11) is 2.25. The average Bonchev–Trinajstić information content (AvgIpc) is 3.12. The Kier molecular flexibility index (Phi) is 2.60. The molecule has 0 spiro atoms. The number of hydrogen-bond acceptors (Lipinski definition) is 2. The van der Waals surface area contributed by atoms with Crippen molar-refractivity contribution < 1.29 is 0 Å². The zero-order chi connectivity index (χ0) is 11.0. The fourth-order valence-corrected chi connectivity index (χ4v) is 2.56. The van der Waals surface area contributed by atoms with Gasteiger partial charge in [-0.15, -0.1) is 0 Å². The highest BCUT2D eigenvalue weighted by Crippen LogP contribution is 2.28. The Morgan fingerprint density at radius 2 is 2.25 bits per heavy atom. The van der Waals surface area contributed by atoms with Crippen molar-refractivity contribution in [3.8, 4) is 0 Å². The smallest absolute Gasteiger partial charge is 0.0372 e. The van der Waals surface area contributed by atoms with Crippen LogP contribution in [0.25, 0.3) is 0 Å². The van der Waals surface area contributed by atoms with E-state index in [1.807, 2.05) is 0 Å². The van der Waals surface area contributed by atoms with Crippen molar-refractivity contribution in [1.29, 1.82) is 0 Å². The summed E-state index contributed by atoms with van der Waals surface area (Å²) in [5.41, 5.74) is 4.33. The molecular weight excluding hydrogens is 196 g/mol. The number of hydrogen-bond donors (Lipinski definition) is 1. The van der Waals surface area contributed by atoms with Gasteiger partial charge in [-0.05, 0) is 49.9 Å². The summed E-state index contributed by atoms with van der Waals surface area (Å²) in [6.07, 6.45) is 5.30. The molecule has 1 N–H and O–H groups in total. The molecule has 1 aromatic rings. The zero-order valence-corrected chi connectivity index (χ0v) is 10.00. The standard InChI is InChI=1S/C14H20N2/c1-16(13-5-6-13)10-11-4-7-14-12(9-11)3-2-8-15-14/h4,7,9,13,15H,2-3,5-6,8,10H2,1H3. The van der Waals surface area contributed by atoms with Crippen LogP contribution in [0.1, 0.15) is 30.4 Å². The van der Waals surface area contributed by atoms with Gasteiger partial charge in [0, 0.05) is 24.8 Å². The van der Waals surface area contributed by atoms with Crippen molar-refractivity contribution in [3.05, 3.63) is 29.3 Å². The van der Waals surface area contributed by atoms with E-state index < -0.39 is 0 Å². The first-order valence-corrected chi connectivity index (χ1v) is 6.39. The Morgan fingerprint density at radius 3 is 3.06 bits per heavy atom. The molecule has 0 saturated heterocycles. The van der Waals surface area contributed by atoms with Crippen LogP contribution in [0.4, 0.5) is 5.69 Å². The molecule has 2 aliphatic rings. The lowest BCUT2D eigenvalue weighted by atomic mass is 10.0. The fraction of sp³-hybridized carbons (Fsp3) is 0.571. The highest BCUT2D eigenvalue weighted by atomic mass is 15.1. The van der Waals surface area contributed by atoms with Crippen molar-refractivity contribution in [3.63, 3.8) is 0 Å². The number of aryl methyl sites for hydroxylation is 1. The number of anilines is 1. The van der Waals surface area contributed by atoms with Crippen LogP contribution in [-0.4, -0.2) is 24.5 Å². The van der Waals surface area contributed by atoms with E-state index in [1.54, 1.807) is 0 Å². The van der Waals surface area contributed by atoms with Gasteiger partial charge in [0.15, 0.2) is 0 Å². The summed E-state index contributed by atoms with van der Waals surface area (Å²) in [4.78, 5) is 2.48. The molecule has 3 rings (SSSR count). The van der Waals surface area contributed by atoms with Crippen LogP contribution in [0.5, 0.6) is 0 Å². The summed E-state index contributed by atoms with van der Waals surface area (Å²) in [6.45, 7) is 2.24. The summed E-state index contributed by atoms with van der Waals surface area (Å²) < 4.78 is 0. The number of nitrogens with zero attached hydrogens (tertiary/aromatic N) is 1. The van der Waals surface area contributed by atoms with Crippen molar-refractivity contribution in [2.45, 2.75) is 38.3 Å². The molecule has 1 aliphatic heterocycles. The van der Waals surface area contributed by atoms with Crippen LogP contribution in [-0.2, 0) is 13.0 Å². The molecule has 1 aromatic carbocycles. The van der Waals surface area contributed by atoms with Gasteiger partial charge in [0.25, 0.3) is 0 Å². The molecule has 0 aromatic heterocycles. The first-order chi connectivity index (χ1) is 7.83. The van der Waals surface area contributed by atoms with Gasteiger partial charge >= 0.3 is 0 Å². The molecule has 2 heteroatoms. The van der Waals surface area contributed by atoms with Gasteiger partial charge in [0.2, 0.25) is 0 Å². The van der Waals surface area contributed by atoms with Crippen LogP contribution in [0.3, 0.4) is 0 Å². The second-order valence-electron chi connectivity index (χ2n) is 5.17. The fourth-order valence-electron chi connectivity index (χ4n) is 2.56. The van der Waals surface area contributed by atoms with Gasteiger partial charge in [-0.2, -0.15) is 0 Å². The van der Waals surface area contributed by atoms with E-state index in [0.717, 1.165) is 19.1 Å². The van der Waals surface area contributed by atoms with Crippen LogP contribution in [0.15, 0.2) is 18.2 Å². The molecule has 0 bridgehead atoms. The molecule has 1 saturated carbocycles. The maximum Gasteiger partial charge on any atom is 0.0372 e. The zero-order valence-electron chi connectivity index (χ0n) is 10.00. The summed E-state index contributed by atoms with van der Waals surface area (Å²) in [6, 6.07) is 7.77. The van der Waals surface area contributed by atoms with Crippen LogP contribution in [0.2, 0.25) is 0 Å². The molecular formula is C14H20N2. The molecule has 2 nitrogen and oxygen atoms in total. The third-order valence-corrected chi connectivity index (χ3v) is 3.71. The maximum absolute atomic E-state index is 3.46. The summed E-state index contributed by atoms with van der Waals surface area (Å²) in [5.74, 6) is 0. The molecule has 16 heavy (non-hydrogen) atoms. The van der Waals surface area contributed by atoms with Gasteiger partial charge in [-0.25, -0.2) is 0 Å². The molecule has 86 valence electrons. The quantitative estimate of drug-likeness (QED) is 0.835. The van der Waals surface area contributed by atoms with Gasteiger partial charge in [-0.3, -0.25) is 4.90 Å². The second-order valence-corrected chi connectivity index (χ2v) is 5.17. The van der Waals surface area contributed by atoms with Crippen molar-refractivity contribution in [1.82, 2.24) is 4.90 Å². The minimum absolute atomic E-state index is 0.856. The van der Waals surface area contributed by atoms with E-state index in [1.165, 1.54) is 42.5 Å². The monoisotopic (exact) mass is 216 g/mol. The topological polar surface area (TPSA) is 15.3 Å². The highest BCUT2D eigenvalue weighted by molar-refractivity contribution is 5.54. The van der Waals surface area contributed by atoms with E-state index >= 15 is 0 Å². The second kappa shape index (κ2) is 4.10. The van der Waals surface area contributed by atoms with E-state index in [2.05, 4.69) is 35.5 Å². The van der Waals surface area contributed by atoms with Gasteiger partial charge in [0.05, 0.1) is 0 Å². The first kappa shape index (κ1) is 10.2. The minimum atomic E-state index is 0.856. The minimum Gasteiger partial charge on any atom is -0.385 e. The van der Waals surface area contributed by atoms with E-state index in [9.17, 15) is 0 Å². The summed E-state index contributed by atoms with van der Waals surface area (Å²) in [5, 5.41) is 3.46. The molecule has 1 heterocycles. The number of nitrogens with one attached hydrogen (secondary N) is 1. The number of rotatable bonds is 3. The van der Waals surface area contributed by atoms with Crippen molar-refractivity contribution >= 4 is 5.69 Å². The molecule has 0 atom stereocenters. The molecule has 1 fully saturated rings. The Morgan fingerprint density at radius 1 is 1.38 bits per heavy atom. The molecule has 0 radical (unpaired) electrons. The van der Waals surface area contributed by atoms with E-state index in [0.29, 0.717) is 0 Å². The SMILES string of the molecule is CN(Cc1ccc2c(c1)CCCN2)C1CC1. The van der Waals surface area contributed by atoms with Crippen molar-refractivity contribution in [2.24, 2.45) is 0 Å². The van der Waals surface area contributed by atoms with Gasteiger partial charge in [0.1, 0.15) is 0 Å². The average molecular weight is 216 g/mol. The lowest BCUT2D eigenvalue weighted by Crippen LogP contribution is -2.20. The normalized spacial score (nSPS) is 19.4.